The second-order valence-electron chi connectivity index (χ2n) is 10.1. The standard InChI is InChI=1S/C31H26FN3O6S2/c1-3-40-22-14-17(6-13-21(22)41-15-23(36)33-19-9-7-18(32)8-10-19)24-25-27(42-28-26(24)43-31(39)34-28)30(38)35(29(25)37)20-11-4-16(2)5-12-20/h4-14,24-25,27H,3,15H2,1-2H3,(H,33,36)(H,34,39)/t24-,25?,27?/m1/s1. The molecular weight excluding hydrogens is 593 g/mol. The Balaban J connectivity index is 1.31. The fraction of sp³-hybridized carbons (Fsp3) is 0.226. The number of thiazole rings is 1. The normalized spacial score (nSPS) is 19.1. The summed E-state index contributed by atoms with van der Waals surface area (Å²) in [6, 6.07) is 17.7. The zero-order chi connectivity index (χ0) is 30.2. The largest absolute Gasteiger partial charge is 0.490 e. The van der Waals surface area contributed by atoms with E-state index in [1.165, 1.54) is 40.9 Å². The van der Waals surface area contributed by atoms with Gasteiger partial charge in [-0.1, -0.05) is 46.9 Å². The minimum Gasteiger partial charge on any atom is -0.490 e. The summed E-state index contributed by atoms with van der Waals surface area (Å²) < 4.78 is 24.8. The van der Waals surface area contributed by atoms with Crippen LogP contribution >= 0.6 is 23.1 Å². The van der Waals surface area contributed by atoms with Crippen molar-refractivity contribution < 1.29 is 28.2 Å². The number of benzene rings is 3. The van der Waals surface area contributed by atoms with Gasteiger partial charge in [-0.05, 0) is 67.9 Å². The Morgan fingerprint density at radius 2 is 1.72 bits per heavy atom. The third-order valence-corrected chi connectivity index (χ3v) is 9.63. The number of halogens is 1. The lowest BCUT2D eigenvalue weighted by Crippen LogP contribution is -2.32. The highest BCUT2D eigenvalue weighted by Crippen LogP contribution is 2.53. The molecule has 0 saturated carbocycles. The Morgan fingerprint density at radius 1 is 0.977 bits per heavy atom. The van der Waals surface area contributed by atoms with Gasteiger partial charge in [0.2, 0.25) is 11.8 Å². The molecule has 1 aromatic heterocycles. The van der Waals surface area contributed by atoms with Crippen molar-refractivity contribution in [2.75, 3.05) is 23.4 Å². The number of rotatable bonds is 8. The Morgan fingerprint density at radius 3 is 2.44 bits per heavy atom. The van der Waals surface area contributed by atoms with E-state index < -0.39 is 28.8 Å². The zero-order valence-corrected chi connectivity index (χ0v) is 24.7. The van der Waals surface area contributed by atoms with Gasteiger partial charge in [-0.25, -0.2) is 9.29 Å². The summed E-state index contributed by atoms with van der Waals surface area (Å²) in [7, 11) is 0. The minimum absolute atomic E-state index is 0.269. The van der Waals surface area contributed by atoms with Crippen molar-refractivity contribution in [2.24, 2.45) is 5.92 Å². The maximum absolute atomic E-state index is 13.9. The molecule has 0 bridgehead atoms. The summed E-state index contributed by atoms with van der Waals surface area (Å²) in [6.45, 7) is 3.71. The summed E-state index contributed by atoms with van der Waals surface area (Å²) >= 11 is 2.23. The lowest BCUT2D eigenvalue weighted by atomic mass is 9.83. The number of amides is 3. The first kappa shape index (κ1) is 28.7. The monoisotopic (exact) mass is 619 g/mol. The molecule has 43 heavy (non-hydrogen) atoms. The minimum atomic E-state index is -0.750. The van der Waals surface area contributed by atoms with Crippen molar-refractivity contribution in [1.82, 2.24) is 4.98 Å². The number of H-pyrrole nitrogens is 1. The van der Waals surface area contributed by atoms with E-state index in [4.69, 9.17) is 9.47 Å². The van der Waals surface area contributed by atoms with E-state index in [9.17, 15) is 23.6 Å². The average Bonchev–Trinajstić information content (AvgIpc) is 3.48. The molecule has 1 fully saturated rings. The summed E-state index contributed by atoms with van der Waals surface area (Å²) in [5.41, 5.74) is 2.61. The molecule has 3 aromatic carbocycles. The Kier molecular flexibility index (Phi) is 7.80. The predicted molar refractivity (Wildman–Crippen MR) is 162 cm³/mol. The van der Waals surface area contributed by atoms with Crippen molar-refractivity contribution in [3.8, 4) is 11.5 Å². The van der Waals surface area contributed by atoms with Crippen molar-refractivity contribution in [3.05, 3.63) is 98.2 Å². The highest BCUT2D eigenvalue weighted by atomic mass is 32.2. The van der Waals surface area contributed by atoms with Crippen LogP contribution in [0.5, 0.6) is 11.5 Å². The smallest absolute Gasteiger partial charge is 0.305 e. The number of fused-ring (bicyclic) bond motifs is 2. The summed E-state index contributed by atoms with van der Waals surface area (Å²) in [6.07, 6.45) is 0. The number of aryl methyl sites for hydroxylation is 1. The number of hydrogen-bond acceptors (Lipinski definition) is 8. The van der Waals surface area contributed by atoms with Gasteiger partial charge in [0, 0.05) is 16.5 Å². The Hall–Kier alpha value is -4.42. The molecule has 3 atom stereocenters. The van der Waals surface area contributed by atoms with Crippen LogP contribution in [0.3, 0.4) is 0 Å². The van der Waals surface area contributed by atoms with Crippen LogP contribution in [-0.4, -0.2) is 41.2 Å². The van der Waals surface area contributed by atoms with Crippen molar-refractivity contribution >= 4 is 52.2 Å². The van der Waals surface area contributed by atoms with Gasteiger partial charge in [0.15, 0.2) is 18.1 Å². The number of aromatic nitrogens is 1. The number of anilines is 2. The quantitative estimate of drug-likeness (QED) is 0.264. The molecule has 2 aliphatic heterocycles. The van der Waals surface area contributed by atoms with Gasteiger partial charge in [-0.15, -0.1) is 0 Å². The van der Waals surface area contributed by atoms with Crippen LogP contribution in [0, 0.1) is 18.7 Å². The number of imide groups is 1. The highest BCUT2D eigenvalue weighted by molar-refractivity contribution is 8.00. The van der Waals surface area contributed by atoms with E-state index in [-0.39, 0.29) is 23.3 Å². The zero-order valence-electron chi connectivity index (χ0n) is 23.1. The summed E-state index contributed by atoms with van der Waals surface area (Å²) in [5.74, 6) is -2.21. The first-order valence-electron chi connectivity index (χ1n) is 13.5. The van der Waals surface area contributed by atoms with Gasteiger partial charge in [-0.2, -0.15) is 0 Å². The lowest BCUT2D eigenvalue weighted by molar-refractivity contribution is -0.122. The highest BCUT2D eigenvalue weighted by Gasteiger charge is 2.56. The van der Waals surface area contributed by atoms with Crippen molar-refractivity contribution in [2.45, 2.75) is 30.0 Å². The molecule has 0 radical (unpaired) electrons. The molecule has 6 rings (SSSR count). The van der Waals surface area contributed by atoms with Gasteiger partial charge >= 0.3 is 4.87 Å². The molecule has 3 amide bonds. The van der Waals surface area contributed by atoms with Crippen LogP contribution in [0.2, 0.25) is 0 Å². The van der Waals surface area contributed by atoms with Crippen molar-refractivity contribution in [1.29, 1.82) is 0 Å². The van der Waals surface area contributed by atoms with E-state index in [2.05, 4.69) is 10.3 Å². The third kappa shape index (κ3) is 5.55. The van der Waals surface area contributed by atoms with E-state index >= 15 is 0 Å². The lowest BCUT2D eigenvalue weighted by Gasteiger charge is -2.30. The molecule has 0 spiro atoms. The van der Waals surface area contributed by atoms with Gasteiger partial charge in [0.25, 0.3) is 5.91 Å². The molecule has 9 nitrogen and oxygen atoms in total. The molecule has 220 valence electrons. The number of nitrogens with one attached hydrogen (secondary N) is 2. The van der Waals surface area contributed by atoms with Crippen LogP contribution in [0.25, 0.3) is 0 Å². The molecule has 2 aliphatic rings. The fourth-order valence-electron chi connectivity index (χ4n) is 5.30. The third-order valence-electron chi connectivity index (χ3n) is 7.23. The van der Waals surface area contributed by atoms with Crippen LogP contribution in [0.1, 0.15) is 28.8 Å². The van der Waals surface area contributed by atoms with E-state index in [0.717, 1.165) is 16.9 Å². The molecule has 3 heterocycles. The maximum Gasteiger partial charge on any atom is 0.305 e. The average molecular weight is 620 g/mol. The maximum atomic E-state index is 13.9. The molecule has 1 saturated heterocycles. The Bertz CT molecular complexity index is 1770. The van der Waals surface area contributed by atoms with Gasteiger partial charge in [0.1, 0.15) is 11.1 Å². The number of nitrogens with zero attached hydrogens (tertiary/aromatic N) is 1. The number of carbonyl (C=O) groups is 3. The van der Waals surface area contributed by atoms with Crippen LogP contribution in [0.4, 0.5) is 15.8 Å². The molecule has 2 N–H and O–H groups in total. The van der Waals surface area contributed by atoms with Crippen LogP contribution < -0.4 is 24.6 Å². The number of ether oxygens (including phenoxy) is 2. The van der Waals surface area contributed by atoms with E-state index in [1.807, 2.05) is 19.1 Å². The van der Waals surface area contributed by atoms with Crippen LogP contribution in [-0.2, 0) is 14.4 Å². The Labute approximate surface area is 254 Å². The molecule has 12 heteroatoms. The van der Waals surface area contributed by atoms with Gasteiger partial charge < -0.3 is 19.8 Å². The van der Waals surface area contributed by atoms with Crippen LogP contribution in [0.15, 0.2) is 76.6 Å². The molecule has 0 aliphatic carbocycles. The summed E-state index contributed by atoms with van der Waals surface area (Å²) in [4.78, 5) is 57.0. The number of carbonyl (C=O) groups excluding carboxylic acids is 3. The molecule has 4 aromatic rings. The van der Waals surface area contributed by atoms with E-state index in [0.29, 0.717) is 44.9 Å². The first-order chi connectivity index (χ1) is 20.7. The molecular formula is C31H26FN3O6S2. The number of hydrogen-bond donors (Lipinski definition) is 2. The van der Waals surface area contributed by atoms with Gasteiger partial charge in [0.05, 0.1) is 23.2 Å². The topological polar surface area (TPSA) is 118 Å². The number of aromatic amines is 1. The second kappa shape index (κ2) is 11.7. The van der Waals surface area contributed by atoms with Gasteiger partial charge in [-0.3, -0.25) is 19.2 Å². The first-order valence-corrected chi connectivity index (χ1v) is 15.2. The molecule has 2 unspecified atom stereocenters. The fourth-order valence-corrected chi connectivity index (χ4v) is 7.82. The van der Waals surface area contributed by atoms with Crippen molar-refractivity contribution in [3.63, 3.8) is 0 Å². The predicted octanol–water partition coefficient (Wildman–Crippen LogP) is 5.10. The number of thioether (sulfide) groups is 1. The second-order valence-corrected chi connectivity index (χ2v) is 12.2. The SMILES string of the molecule is CCOc1cc([C@H]2c3sc(=O)[nH]c3SC3C(=O)N(c4ccc(C)cc4)C(=O)C32)ccc1OCC(=O)Nc1ccc(F)cc1. The van der Waals surface area contributed by atoms with E-state index in [1.54, 1.807) is 37.3 Å². The summed E-state index contributed by atoms with van der Waals surface area (Å²) in [5, 5.41) is 2.49.